The number of amides is 2. The fourth-order valence-electron chi connectivity index (χ4n) is 3.49. The number of nitrogens with one attached hydrogen (secondary N) is 2. The van der Waals surface area contributed by atoms with E-state index in [1.807, 2.05) is 12.1 Å². The molecule has 1 aromatic heterocycles. The van der Waals surface area contributed by atoms with Crippen LogP contribution in [0.25, 0.3) is 0 Å². The third-order valence-electron chi connectivity index (χ3n) is 4.80. The Balaban J connectivity index is 1.92. The molecule has 1 saturated carbocycles. The number of carbonyl (C=O) groups excluding carboxylic acids is 1. The van der Waals surface area contributed by atoms with E-state index in [9.17, 15) is 9.90 Å². The lowest BCUT2D eigenvalue weighted by atomic mass is 9.83. The van der Waals surface area contributed by atoms with E-state index in [4.69, 9.17) is 0 Å². The molecule has 0 radical (unpaired) electrons. The Kier molecular flexibility index (Phi) is 7.33. The van der Waals surface area contributed by atoms with Crippen molar-refractivity contribution in [2.24, 2.45) is 5.92 Å². The molecule has 0 bridgehead atoms. The van der Waals surface area contributed by atoms with Crippen LogP contribution in [0.3, 0.4) is 0 Å². The molecule has 128 valence electrons. The molecule has 0 unspecified atom stereocenters. The number of hydrogen-bond acceptors (Lipinski definition) is 3. The summed E-state index contributed by atoms with van der Waals surface area (Å²) in [5.74, 6) is 0.489. The van der Waals surface area contributed by atoms with Gasteiger partial charge in [-0.2, -0.15) is 0 Å². The molecule has 1 heterocycles. The van der Waals surface area contributed by atoms with Crippen molar-refractivity contribution in [3.63, 3.8) is 0 Å². The fourth-order valence-corrected chi connectivity index (χ4v) is 3.49. The monoisotopic (exact) mass is 319 g/mol. The van der Waals surface area contributed by atoms with E-state index >= 15 is 0 Å². The van der Waals surface area contributed by atoms with Gasteiger partial charge in [-0.25, -0.2) is 4.79 Å². The Morgan fingerprint density at radius 1 is 1.26 bits per heavy atom. The second-order valence-electron chi connectivity index (χ2n) is 6.38. The van der Waals surface area contributed by atoms with Gasteiger partial charge in [0.05, 0.1) is 6.04 Å². The van der Waals surface area contributed by atoms with Crippen LogP contribution in [0.4, 0.5) is 4.79 Å². The summed E-state index contributed by atoms with van der Waals surface area (Å²) in [4.78, 5) is 16.4. The van der Waals surface area contributed by atoms with Crippen LogP contribution >= 0.6 is 0 Å². The third-order valence-corrected chi connectivity index (χ3v) is 4.80. The van der Waals surface area contributed by atoms with Crippen molar-refractivity contribution >= 4 is 6.03 Å². The molecule has 3 N–H and O–H groups in total. The molecule has 0 aliphatic heterocycles. The van der Waals surface area contributed by atoms with E-state index in [1.54, 1.807) is 12.4 Å². The van der Waals surface area contributed by atoms with E-state index in [-0.39, 0.29) is 24.7 Å². The summed E-state index contributed by atoms with van der Waals surface area (Å²) in [7, 11) is 0. The van der Waals surface area contributed by atoms with Gasteiger partial charge in [-0.1, -0.05) is 26.2 Å². The Morgan fingerprint density at radius 2 is 1.96 bits per heavy atom. The largest absolute Gasteiger partial charge is 0.396 e. The number of rotatable bonds is 7. The highest BCUT2D eigenvalue weighted by Gasteiger charge is 2.25. The first-order valence-corrected chi connectivity index (χ1v) is 8.82. The van der Waals surface area contributed by atoms with Crippen molar-refractivity contribution in [3.05, 3.63) is 30.1 Å². The van der Waals surface area contributed by atoms with Crippen molar-refractivity contribution in [2.75, 3.05) is 6.61 Å². The van der Waals surface area contributed by atoms with Gasteiger partial charge in [0, 0.05) is 25.0 Å². The van der Waals surface area contributed by atoms with Gasteiger partial charge in [-0.15, -0.1) is 0 Å². The predicted octanol–water partition coefficient (Wildman–Crippen LogP) is 3.16. The first kappa shape index (κ1) is 17.7. The Labute approximate surface area is 138 Å². The minimum Gasteiger partial charge on any atom is -0.396 e. The summed E-state index contributed by atoms with van der Waals surface area (Å²) in [5, 5.41) is 15.5. The maximum absolute atomic E-state index is 12.4. The third kappa shape index (κ3) is 5.50. The Bertz CT molecular complexity index is 461. The first-order valence-electron chi connectivity index (χ1n) is 8.82. The molecule has 2 atom stereocenters. The lowest BCUT2D eigenvalue weighted by Crippen LogP contribution is -2.47. The van der Waals surface area contributed by atoms with Gasteiger partial charge in [0.15, 0.2) is 0 Å². The van der Waals surface area contributed by atoms with E-state index in [0.29, 0.717) is 12.3 Å². The lowest BCUT2D eigenvalue weighted by Gasteiger charge is -2.31. The SMILES string of the molecule is CC[C@@H](NC(=O)N[C@@H](CCO)C1CCCCC1)c1ccncc1. The molecular formula is C18H29N3O2. The second kappa shape index (κ2) is 9.50. The number of carbonyl (C=O) groups is 1. The molecule has 2 rings (SSSR count). The van der Waals surface area contributed by atoms with Crippen molar-refractivity contribution in [1.29, 1.82) is 0 Å². The zero-order chi connectivity index (χ0) is 16.5. The van der Waals surface area contributed by atoms with Crippen molar-refractivity contribution in [2.45, 2.75) is 64.0 Å². The molecule has 0 spiro atoms. The van der Waals surface area contributed by atoms with E-state index in [1.165, 1.54) is 19.3 Å². The molecule has 0 aromatic carbocycles. The van der Waals surface area contributed by atoms with Crippen LogP contribution < -0.4 is 10.6 Å². The maximum atomic E-state index is 12.4. The molecule has 1 aliphatic rings. The molecular weight excluding hydrogens is 290 g/mol. The first-order chi connectivity index (χ1) is 11.2. The van der Waals surface area contributed by atoms with Gasteiger partial charge < -0.3 is 15.7 Å². The van der Waals surface area contributed by atoms with Crippen LogP contribution in [0.15, 0.2) is 24.5 Å². The Hall–Kier alpha value is -1.62. The maximum Gasteiger partial charge on any atom is 0.315 e. The molecule has 0 saturated heterocycles. The van der Waals surface area contributed by atoms with E-state index < -0.39 is 0 Å². The van der Waals surface area contributed by atoms with Crippen LogP contribution in [0, 0.1) is 5.92 Å². The van der Waals surface area contributed by atoms with E-state index in [0.717, 1.165) is 24.8 Å². The molecule has 2 amide bonds. The number of aliphatic hydroxyl groups is 1. The lowest BCUT2D eigenvalue weighted by molar-refractivity contribution is 0.194. The highest BCUT2D eigenvalue weighted by atomic mass is 16.3. The van der Waals surface area contributed by atoms with Gasteiger partial charge >= 0.3 is 6.03 Å². The van der Waals surface area contributed by atoms with Gasteiger partial charge in [0.25, 0.3) is 0 Å². The van der Waals surface area contributed by atoms with Gasteiger partial charge in [0.2, 0.25) is 0 Å². The fraction of sp³-hybridized carbons (Fsp3) is 0.667. The molecule has 1 aliphatic carbocycles. The summed E-state index contributed by atoms with van der Waals surface area (Å²) in [6.07, 6.45) is 11.0. The van der Waals surface area contributed by atoms with Crippen LogP contribution in [0.2, 0.25) is 0 Å². The standard InChI is InChI=1S/C18H29N3O2/c1-2-16(15-8-11-19-12-9-15)20-18(23)21-17(10-13-22)14-6-4-3-5-7-14/h8-9,11-12,14,16-17,22H,2-7,10,13H2,1H3,(H2,20,21,23)/t16-,17+/m1/s1. The second-order valence-corrected chi connectivity index (χ2v) is 6.38. The summed E-state index contributed by atoms with van der Waals surface area (Å²) < 4.78 is 0. The number of nitrogens with zero attached hydrogens (tertiary/aromatic N) is 1. The summed E-state index contributed by atoms with van der Waals surface area (Å²) in [6.45, 7) is 2.17. The van der Waals surface area contributed by atoms with Crippen LogP contribution in [-0.2, 0) is 0 Å². The predicted molar refractivity (Wildman–Crippen MR) is 91.0 cm³/mol. The molecule has 1 aromatic rings. The number of aromatic nitrogens is 1. The van der Waals surface area contributed by atoms with Crippen molar-refractivity contribution in [3.8, 4) is 0 Å². The normalized spacial score (nSPS) is 18.2. The molecule has 5 heteroatoms. The number of pyridine rings is 1. The zero-order valence-electron chi connectivity index (χ0n) is 14.0. The van der Waals surface area contributed by atoms with Gasteiger partial charge in [-0.05, 0) is 49.3 Å². The topological polar surface area (TPSA) is 74.2 Å². The molecule has 1 fully saturated rings. The van der Waals surface area contributed by atoms with Crippen LogP contribution in [0.5, 0.6) is 0 Å². The van der Waals surface area contributed by atoms with Crippen molar-refractivity contribution in [1.82, 2.24) is 15.6 Å². The summed E-state index contributed by atoms with van der Waals surface area (Å²) >= 11 is 0. The minimum absolute atomic E-state index is 0.0147. The van der Waals surface area contributed by atoms with E-state index in [2.05, 4.69) is 22.5 Å². The number of aliphatic hydroxyl groups excluding tert-OH is 1. The quantitative estimate of drug-likeness (QED) is 0.722. The summed E-state index contributed by atoms with van der Waals surface area (Å²) in [6, 6.07) is 3.77. The van der Waals surface area contributed by atoms with Crippen LogP contribution in [0.1, 0.15) is 63.5 Å². The smallest absolute Gasteiger partial charge is 0.315 e. The Morgan fingerprint density at radius 3 is 2.57 bits per heavy atom. The zero-order valence-corrected chi connectivity index (χ0v) is 14.0. The average molecular weight is 319 g/mol. The van der Waals surface area contributed by atoms with Gasteiger partial charge in [-0.3, -0.25) is 4.98 Å². The number of hydrogen-bond donors (Lipinski definition) is 3. The molecule has 5 nitrogen and oxygen atoms in total. The molecule has 23 heavy (non-hydrogen) atoms. The highest BCUT2D eigenvalue weighted by Crippen LogP contribution is 2.27. The highest BCUT2D eigenvalue weighted by molar-refractivity contribution is 5.74. The van der Waals surface area contributed by atoms with Crippen molar-refractivity contribution < 1.29 is 9.90 Å². The van der Waals surface area contributed by atoms with Gasteiger partial charge in [0.1, 0.15) is 0 Å². The number of urea groups is 1. The minimum atomic E-state index is -0.141. The average Bonchev–Trinajstić information content (AvgIpc) is 2.61. The van der Waals surface area contributed by atoms with Crippen LogP contribution in [-0.4, -0.2) is 28.8 Å². The summed E-state index contributed by atoms with van der Waals surface area (Å²) in [5.41, 5.74) is 1.06.